The minimum Gasteiger partial charge on any atom is -0.476 e. The van der Waals surface area contributed by atoms with Gasteiger partial charge in [0.25, 0.3) is 0 Å². The van der Waals surface area contributed by atoms with E-state index in [1.54, 1.807) is 0 Å². The van der Waals surface area contributed by atoms with Crippen LogP contribution < -0.4 is 5.32 Å². The largest absolute Gasteiger partial charge is 0.476 e. The average Bonchev–Trinajstić information content (AvgIpc) is 2.82. The smallest absolute Gasteiger partial charge is 0.411 e. The number of carboxylic acids is 1. The second-order valence-electron chi connectivity index (χ2n) is 3.95. The Hall–Kier alpha value is -1.68. The molecule has 0 atom stereocenters. The van der Waals surface area contributed by atoms with Gasteiger partial charge in [-0.3, -0.25) is 4.79 Å². The molecule has 0 bridgehead atoms. The van der Waals surface area contributed by atoms with Gasteiger partial charge in [-0.1, -0.05) is 0 Å². The SMILES string of the molecule is O=C(CCOCC(F)(F)F)NCCc1nc(C(=O)O)cs1. The van der Waals surface area contributed by atoms with Crippen molar-refractivity contribution in [2.75, 3.05) is 19.8 Å². The van der Waals surface area contributed by atoms with Gasteiger partial charge >= 0.3 is 12.1 Å². The van der Waals surface area contributed by atoms with Gasteiger partial charge in [-0.2, -0.15) is 13.2 Å². The Morgan fingerprint density at radius 3 is 2.71 bits per heavy atom. The molecule has 0 saturated heterocycles. The van der Waals surface area contributed by atoms with Crippen molar-refractivity contribution < 1.29 is 32.6 Å². The normalized spacial score (nSPS) is 11.4. The van der Waals surface area contributed by atoms with Gasteiger partial charge in [0.05, 0.1) is 11.6 Å². The van der Waals surface area contributed by atoms with Gasteiger partial charge in [0.2, 0.25) is 5.91 Å². The van der Waals surface area contributed by atoms with Gasteiger partial charge in [-0.05, 0) is 0 Å². The predicted octanol–water partition coefficient (Wildman–Crippen LogP) is 1.47. The van der Waals surface area contributed by atoms with Crippen molar-refractivity contribution in [2.45, 2.75) is 19.0 Å². The van der Waals surface area contributed by atoms with Crippen molar-refractivity contribution in [3.8, 4) is 0 Å². The molecule has 2 N–H and O–H groups in total. The molecule has 0 saturated carbocycles. The molecule has 0 unspecified atom stereocenters. The van der Waals surface area contributed by atoms with Gasteiger partial charge in [-0.15, -0.1) is 11.3 Å². The van der Waals surface area contributed by atoms with E-state index in [0.717, 1.165) is 11.3 Å². The van der Waals surface area contributed by atoms with Crippen LogP contribution in [0, 0.1) is 0 Å². The Morgan fingerprint density at radius 2 is 2.14 bits per heavy atom. The van der Waals surface area contributed by atoms with E-state index in [4.69, 9.17) is 5.11 Å². The number of alkyl halides is 3. The maximum Gasteiger partial charge on any atom is 0.411 e. The number of hydrogen-bond donors (Lipinski definition) is 2. The number of amides is 1. The van der Waals surface area contributed by atoms with E-state index >= 15 is 0 Å². The number of ether oxygens (including phenoxy) is 1. The average molecular weight is 326 g/mol. The molecule has 118 valence electrons. The first-order chi connectivity index (χ1) is 9.78. The van der Waals surface area contributed by atoms with Crippen molar-refractivity contribution in [2.24, 2.45) is 0 Å². The molecule has 1 heterocycles. The second-order valence-corrected chi connectivity index (χ2v) is 4.89. The number of aromatic carboxylic acids is 1. The van der Waals surface area contributed by atoms with Gasteiger partial charge < -0.3 is 15.2 Å². The van der Waals surface area contributed by atoms with Gasteiger partial charge in [0.15, 0.2) is 5.69 Å². The lowest BCUT2D eigenvalue weighted by molar-refractivity contribution is -0.174. The zero-order chi connectivity index (χ0) is 15.9. The Bertz CT molecular complexity index is 490. The molecule has 0 aromatic carbocycles. The van der Waals surface area contributed by atoms with E-state index in [1.165, 1.54) is 5.38 Å². The van der Waals surface area contributed by atoms with Crippen molar-refractivity contribution in [3.05, 3.63) is 16.1 Å². The summed E-state index contributed by atoms with van der Waals surface area (Å²) in [6.07, 6.45) is -4.22. The summed E-state index contributed by atoms with van der Waals surface area (Å²) >= 11 is 1.16. The summed E-state index contributed by atoms with van der Waals surface area (Å²) in [6.45, 7) is -1.46. The van der Waals surface area contributed by atoms with Crippen molar-refractivity contribution in [1.29, 1.82) is 0 Å². The lowest BCUT2D eigenvalue weighted by Crippen LogP contribution is -2.27. The molecule has 10 heteroatoms. The van der Waals surface area contributed by atoms with Crippen LogP contribution in [0.3, 0.4) is 0 Å². The third-order valence-corrected chi connectivity index (χ3v) is 3.08. The summed E-state index contributed by atoms with van der Waals surface area (Å²) in [5, 5.41) is 13.1. The van der Waals surface area contributed by atoms with Crippen LogP contribution in [0.1, 0.15) is 21.9 Å². The fraction of sp³-hybridized carbons (Fsp3) is 0.545. The maximum absolute atomic E-state index is 11.8. The molecular weight excluding hydrogens is 313 g/mol. The molecule has 1 amide bonds. The van der Waals surface area contributed by atoms with Crippen LogP contribution in [-0.2, 0) is 16.0 Å². The summed E-state index contributed by atoms with van der Waals surface area (Å²) in [6, 6.07) is 0. The lowest BCUT2D eigenvalue weighted by atomic mass is 10.4. The third-order valence-electron chi connectivity index (χ3n) is 2.17. The standard InChI is InChI=1S/C11H13F3N2O4S/c12-11(13,14)6-20-4-2-8(17)15-3-1-9-16-7(5-21-9)10(18)19/h5H,1-4,6H2,(H,15,17)(H,18,19). The van der Waals surface area contributed by atoms with Gasteiger partial charge in [0.1, 0.15) is 6.61 Å². The Labute approximate surface area is 121 Å². The monoisotopic (exact) mass is 326 g/mol. The van der Waals surface area contributed by atoms with E-state index < -0.39 is 24.7 Å². The number of nitrogens with one attached hydrogen (secondary N) is 1. The third kappa shape index (κ3) is 7.61. The molecular formula is C11H13F3N2O4S. The highest BCUT2D eigenvalue weighted by atomic mass is 32.1. The number of carboxylic acid groups (broad SMARTS) is 1. The first-order valence-electron chi connectivity index (χ1n) is 5.87. The quantitative estimate of drug-likeness (QED) is 0.706. The van der Waals surface area contributed by atoms with Crippen LogP contribution in [0.2, 0.25) is 0 Å². The molecule has 0 aliphatic carbocycles. The topological polar surface area (TPSA) is 88.5 Å². The highest BCUT2D eigenvalue weighted by Crippen LogP contribution is 2.14. The number of rotatable bonds is 8. The Balaban J connectivity index is 2.14. The van der Waals surface area contributed by atoms with Crippen LogP contribution >= 0.6 is 11.3 Å². The number of hydrogen-bond acceptors (Lipinski definition) is 5. The summed E-state index contributed by atoms with van der Waals surface area (Å²) < 4.78 is 39.6. The summed E-state index contributed by atoms with van der Waals surface area (Å²) in [4.78, 5) is 25.7. The maximum atomic E-state index is 11.8. The molecule has 21 heavy (non-hydrogen) atoms. The molecule has 6 nitrogen and oxygen atoms in total. The Morgan fingerprint density at radius 1 is 1.43 bits per heavy atom. The van der Waals surface area contributed by atoms with E-state index in [1.807, 2.05) is 0 Å². The van der Waals surface area contributed by atoms with E-state index in [0.29, 0.717) is 11.4 Å². The number of aromatic nitrogens is 1. The van der Waals surface area contributed by atoms with Gasteiger partial charge in [-0.25, -0.2) is 9.78 Å². The first-order valence-corrected chi connectivity index (χ1v) is 6.75. The molecule has 0 aliphatic heterocycles. The number of nitrogens with zero attached hydrogens (tertiary/aromatic N) is 1. The Kier molecular flexibility index (Phi) is 6.56. The van der Waals surface area contributed by atoms with E-state index in [9.17, 15) is 22.8 Å². The number of carbonyl (C=O) groups excluding carboxylic acids is 1. The first kappa shape index (κ1) is 17.4. The molecule has 0 spiro atoms. The van der Waals surface area contributed by atoms with Crippen molar-refractivity contribution in [1.82, 2.24) is 10.3 Å². The number of halogens is 3. The molecule has 1 rings (SSSR count). The fourth-order valence-corrected chi connectivity index (χ4v) is 2.05. The molecule has 0 aliphatic rings. The minimum absolute atomic E-state index is 0.0538. The lowest BCUT2D eigenvalue weighted by Gasteiger charge is -2.07. The van der Waals surface area contributed by atoms with Crippen molar-refractivity contribution in [3.63, 3.8) is 0 Å². The minimum atomic E-state index is -4.40. The molecule has 1 aromatic rings. The highest BCUT2D eigenvalue weighted by molar-refractivity contribution is 7.09. The zero-order valence-electron chi connectivity index (χ0n) is 10.8. The van der Waals surface area contributed by atoms with Gasteiger partial charge in [0, 0.05) is 24.8 Å². The summed E-state index contributed by atoms with van der Waals surface area (Å²) in [5.74, 6) is -1.56. The van der Waals surface area contributed by atoms with E-state index in [2.05, 4.69) is 15.0 Å². The summed E-state index contributed by atoms with van der Waals surface area (Å²) in [7, 11) is 0. The van der Waals surface area contributed by atoms with Crippen LogP contribution in [0.25, 0.3) is 0 Å². The predicted molar refractivity (Wildman–Crippen MR) is 67.3 cm³/mol. The van der Waals surface area contributed by atoms with Crippen LogP contribution in [0.5, 0.6) is 0 Å². The van der Waals surface area contributed by atoms with E-state index in [-0.39, 0.29) is 25.3 Å². The fourth-order valence-electron chi connectivity index (χ4n) is 1.27. The van der Waals surface area contributed by atoms with Crippen LogP contribution in [0.4, 0.5) is 13.2 Å². The second kappa shape index (κ2) is 7.93. The number of thiazole rings is 1. The molecule has 0 fully saturated rings. The zero-order valence-corrected chi connectivity index (χ0v) is 11.6. The summed E-state index contributed by atoms with van der Waals surface area (Å²) in [5.41, 5.74) is -0.0538. The molecule has 1 aromatic heterocycles. The van der Waals surface area contributed by atoms with Crippen LogP contribution in [-0.4, -0.2) is 47.9 Å². The van der Waals surface area contributed by atoms with Crippen molar-refractivity contribution >= 4 is 23.2 Å². The molecule has 0 radical (unpaired) electrons. The number of carbonyl (C=O) groups is 2. The van der Waals surface area contributed by atoms with Crippen LogP contribution in [0.15, 0.2) is 5.38 Å². The highest BCUT2D eigenvalue weighted by Gasteiger charge is 2.27.